The number of carbonyl (C=O) groups is 1. The molecule has 0 unspecified atom stereocenters. The minimum absolute atomic E-state index is 0.111. The summed E-state index contributed by atoms with van der Waals surface area (Å²) in [5.74, 6) is 0.494. The predicted octanol–water partition coefficient (Wildman–Crippen LogP) is 3.11. The van der Waals surface area contributed by atoms with Crippen LogP contribution in [0.15, 0.2) is 24.5 Å². The Morgan fingerprint density at radius 1 is 1.31 bits per heavy atom. The molecule has 1 aliphatic rings. The van der Waals surface area contributed by atoms with Crippen LogP contribution in [0.1, 0.15) is 53.7 Å². The summed E-state index contributed by atoms with van der Waals surface area (Å²) in [6, 6.07) is 3.87. The number of thiazole rings is 1. The van der Waals surface area contributed by atoms with E-state index in [1.54, 1.807) is 23.7 Å². The van der Waals surface area contributed by atoms with Crippen molar-refractivity contribution in [3.63, 3.8) is 0 Å². The second kappa shape index (κ2) is 7.84. The van der Waals surface area contributed by atoms with Gasteiger partial charge in [-0.1, -0.05) is 13.8 Å². The molecule has 1 saturated heterocycles. The number of aryl methyl sites for hydroxylation is 1. The lowest BCUT2D eigenvalue weighted by Crippen LogP contribution is -2.48. The Labute approximate surface area is 159 Å². The number of nitrogens with zero attached hydrogens (tertiary/aromatic N) is 3. The van der Waals surface area contributed by atoms with Gasteiger partial charge in [-0.2, -0.15) is 0 Å². The Morgan fingerprint density at radius 3 is 2.54 bits per heavy atom. The van der Waals surface area contributed by atoms with Crippen LogP contribution < -0.4 is 0 Å². The number of aliphatic hydroxyl groups is 1. The van der Waals surface area contributed by atoms with Crippen molar-refractivity contribution in [1.29, 1.82) is 0 Å². The van der Waals surface area contributed by atoms with Gasteiger partial charge in [-0.3, -0.25) is 9.78 Å². The first-order chi connectivity index (χ1) is 12.4. The average molecular weight is 374 g/mol. The molecule has 6 heteroatoms. The number of hydrogen-bond acceptors (Lipinski definition) is 5. The second-order valence-corrected chi connectivity index (χ2v) is 8.81. The monoisotopic (exact) mass is 373 g/mol. The molecular formula is C20H27N3O2S. The summed E-state index contributed by atoms with van der Waals surface area (Å²) in [6.45, 7) is 7.52. The van der Waals surface area contributed by atoms with Gasteiger partial charge < -0.3 is 10.0 Å². The third-order valence-corrected chi connectivity index (χ3v) is 6.04. The maximum Gasteiger partial charge on any atom is 0.229 e. The molecule has 2 aromatic heterocycles. The molecule has 0 aromatic carbocycles. The zero-order valence-electron chi connectivity index (χ0n) is 15.7. The van der Waals surface area contributed by atoms with Crippen molar-refractivity contribution in [2.45, 2.75) is 58.0 Å². The lowest BCUT2D eigenvalue weighted by molar-refractivity contribution is -0.134. The van der Waals surface area contributed by atoms with Gasteiger partial charge in [0.05, 0.1) is 17.7 Å². The van der Waals surface area contributed by atoms with Crippen molar-refractivity contribution in [3.05, 3.63) is 45.7 Å². The minimum Gasteiger partial charge on any atom is -0.389 e. The number of rotatable bonds is 5. The number of pyridine rings is 1. The van der Waals surface area contributed by atoms with Gasteiger partial charge in [0.25, 0.3) is 0 Å². The zero-order valence-corrected chi connectivity index (χ0v) is 16.6. The topological polar surface area (TPSA) is 66.3 Å². The van der Waals surface area contributed by atoms with Gasteiger partial charge >= 0.3 is 0 Å². The Morgan fingerprint density at radius 2 is 1.96 bits per heavy atom. The summed E-state index contributed by atoms with van der Waals surface area (Å²) >= 11 is 1.62. The minimum atomic E-state index is -0.735. The van der Waals surface area contributed by atoms with Gasteiger partial charge in [-0.05, 0) is 43.4 Å². The van der Waals surface area contributed by atoms with Crippen LogP contribution >= 0.6 is 11.3 Å². The highest BCUT2D eigenvalue weighted by atomic mass is 32.1. The van der Waals surface area contributed by atoms with Crippen molar-refractivity contribution in [2.24, 2.45) is 0 Å². The molecule has 1 N–H and O–H groups in total. The van der Waals surface area contributed by atoms with Crippen molar-refractivity contribution >= 4 is 17.2 Å². The second-order valence-electron chi connectivity index (χ2n) is 7.52. The maximum atomic E-state index is 12.6. The molecule has 0 saturated carbocycles. The van der Waals surface area contributed by atoms with Crippen LogP contribution in [0.5, 0.6) is 0 Å². The Balaban J connectivity index is 1.56. The molecule has 0 atom stereocenters. The van der Waals surface area contributed by atoms with E-state index in [9.17, 15) is 9.90 Å². The van der Waals surface area contributed by atoms with Gasteiger partial charge in [0.15, 0.2) is 0 Å². The number of piperidine rings is 1. The summed E-state index contributed by atoms with van der Waals surface area (Å²) < 4.78 is 0. The molecule has 26 heavy (non-hydrogen) atoms. The third kappa shape index (κ3) is 4.48. The lowest BCUT2D eigenvalue weighted by atomic mass is 9.85. The van der Waals surface area contributed by atoms with Crippen molar-refractivity contribution in [2.75, 3.05) is 13.1 Å². The molecule has 0 bridgehead atoms. The lowest BCUT2D eigenvalue weighted by Gasteiger charge is -2.38. The number of carbonyl (C=O) groups excluding carboxylic acids is 1. The molecule has 140 valence electrons. The van der Waals surface area contributed by atoms with E-state index in [2.05, 4.69) is 30.7 Å². The van der Waals surface area contributed by atoms with E-state index in [1.807, 2.05) is 17.0 Å². The molecular weight excluding hydrogens is 346 g/mol. The van der Waals surface area contributed by atoms with Crippen molar-refractivity contribution < 1.29 is 9.90 Å². The molecule has 0 aliphatic carbocycles. The molecule has 1 amide bonds. The van der Waals surface area contributed by atoms with Gasteiger partial charge in [0.1, 0.15) is 5.01 Å². The first kappa shape index (κ1) is 19.0. The Bertz CT molecular complexity index is 750. The quantitative estimate of drug-likeness (QED) is 0.874. The maximum absolute atomic E-state index is 12.6. The van der Waals surface area contributed by atoms with E-state index in [0.717, 1.165) is 16.3 Å². The largest absolute Gasteiger partial charge is 0.389 e. The Kier molecular flexibility index (Phi) is 5.73. The van der Waals surface area contributed by atoms with Gasteiger partial charge in [-0.25, -0.2) is 4.98 Å². The van der Waals surface area contributed by atoms with Gasteiger partial charge in [0, 0.05) is 36.8 Å². The molecule has 0 spiro atoms. The highest BCUT2D eigenvalue weighted by molar-refractivity contribution is 7.11. The highest BCUT2D eigenvalue weighted by Gasteiger charge is 2.34. The number of amides is 1. The van der Waals surface area contributed by atoms with Crippen LogP contribution in [-0.2, 0) is 17.6 Å². The van der Waals surface area contributed by atoms with Crippen LogP contribution in [0, 0.1) is 6.92 Å². The van der Waals surface area contributed by atoms with E-state index < -0.39 is 5.60 Å². The Hall–Kier alpha value is -1.79. The fraction of sp³-hybridized carbons (Fsp3) is 0.550. The van der Waals surface area contributed by atoms with Crippen LogP contribution in [0.25, 0.3) is 0 Å². The van der Waals surface area contributed by atoms with E-state index in [1.165, 1.54) is 4.88 Å². The summed E-state index contributed by atoms with van der Waals surface area (Å²) in [5, 5.41) is 11.7. The summed E-state index contributed by atoms with van der Waals surface area (Å²) in [5.41, 5.74) is 1.45. The zero-order chi connectivity index (χ0) is 18.7. The van der Waals surface area contributed by atoms with E-state index in [-0.39, 0.29) is 5.91 Å². The van der Waals surface area contributed by atoms with E-state index in [0.29, 0.717) is 44.7 Å². The molecule has 3 heterocycles. The van der Waals surface area contributed by atoms with Crippen LogP contribution in [-0.4, -0.2) is 44.6 Å². The third-order valence-electron chi connectivity index (χ3n) is 5.06. The molecule has 2 aromatic rings. The summed E-state index contributed by atoms with van der Waals surface area (Å²) in [6.07, 6.45) is 5.68. The van der Waals surface area contributed by atoms with Gasteiger partial charge in [0.2, 0.25) is 5.91 Å². The first-order valence-electron chi connectivity index (χ1n) is 9.21. The van der Waals surface area contributed by atoms with Crippen molar-refractivity contribution in [3.8, 4) is 0 Å². The molecule has 5 nitrogen and oxygen atoms in total. The molecule has 1 aliphatic heterocycles. The van der Waals surface area contributed by atoms with E-state index >= 15 is 0 Å². The smallest absolute Gasteiger partial charge is 0.229 e. The molecule has 1 fully saturated rings. The SMILES string of the molecule is Cc1sc(CC(=O)N2CCC(O)(Cc3ccncc3)CC2)nc1C(C)C. The highest BCUT2D eigenvalue weighted by Crippen LogP contribution is 2.28. The molecule has 0 radical (unpaired) electrons. The fourth-order valence-electron chi connectivity index (χ4n) is 3.55. The summed E-state index contributed by atoms with van der Waals surface area (Å²) in [4.78, 5) is 24.4. The number of aromatic nitrogens is 2. The predicted molar refractivity (Wildman–Crippen MR) is 103 cm³/mol. The van der Waals surface area contributed by atoms with Crippen LogP contribution in [0.4, 0.5) is 0 Å². The van der Waals surface area contributed by atoms with E-state index in [4.69, 9.17) is 0 Å². The van der Waals surface area contributed by atoms with Crippen LogP contribution in [0.3, 0.4) is 0 Å². The van der Waals surface area contributed by atoms with Gasteiger partial charge in [-0.15, -0.1) is 11.3 Å². The molecule has 3 rings (SSSR count). The average Bonchev–Trinajstić information content (AvgIpc) is 2.96. The fourth-order valence-corrected chi connectivity index (χ4v) is 4.63. The van der Waals surface area contributed by atoms with Crippen LogP contribution in [0.2, 0.25) is 0 Å². The standard InChI is InChI=1S/C20H27N3O2S/c1-14(2)19-15(3)26-17(22-19)12-18(24)23-10-6-20(25,7-11-23)13-16-4-8-21-9-5-16/h4-5,8-9,14,25H,6-7,10-13H2,1-3H3. The van der Waals surface area contributed by atoms with Crippen molar-refractivity contribution in [1.82, 2.24) is 14.9 Å². The first-order valence-corrected chi connectivity index (χ1v) is 10.0. The number of hydrogen-bond donors (Lipinski definition) is 1. The summed E-state index contributed by atoms with van der Waals surface area (Å²) in [7, 11) is 0. The normalized spacial score (nSPS) is 16.9. The number of likely N-dealkylation sites (tertiary alicyclic amines) is 1.